The number of nitrogens with zero attached hydrogens (tertiary/aromatic N) is 2. The predicted molar refractivity (Wildman–Crippen MR) is 95.5 cm³/mol. The number of aromatic amines is 1. The van der Waals surface area contributed by atoms with Crippen molar-refractivity contribution in [3.8, 4) is 0 Å². The van der Waals surface area contributed by atoms with E-state index in [9.17, 15) is 14.7 Å². The summed E-state index contributed by atoms with van der Waals surface area (Å²) in [5, 5.41) is 19.9. The zero-order valence-corrected chi connectivity index (χ0v) is 15.3. The molecule has 0 radical (unpaired) electrons. The third-order valence-electron chi connectivity index (χ3n) is 4.80. The SMILES string of the molecule is CCCc1cc(CNC(=O)[C@H]2CC[C@H](NC(=O)c3cnc[nH]3)[C@@H](O)C2)on1. The van der Waals surface area contributed by atoms with Crippen molar-refractivity contribution in [1.82, 2.24) is 25.8 Å². The number of H-pyrrole nitrogens is 1. The molecule has 1 fully saturated rings. The van der Waals surface area contributed by atoms with Crippen LogP contribution in [-0.4, -0.2) is 44.2 Å². The molecule has 0 bridgehead atoms. The van der Waals surface area contributed by atoms with Crippen LogP contribution in [-0.2, 0) is 17.8 Å². The summed E-state index contributed by atoms with van der Waals surface area (Å²) in [6.45, 7) is 2.34. The van der Waals surface area contributed by atoms with Crippen LogP contribution in [0.5, 0.6) is 0 Å². The van der Waals surface area contributed by atoms with Gasteiger partial charge in [0, 0.05) is 12.0 Å². The van der Waals surface area contributed by atoms with Gasteiger partial charge in [0.05, 0.1) is 36.9 Å². The number of aliphatic hydroxyl groups is 1. The van der Waals surface area contributed by atoms with Gasteiger partial charge < -0.3 is 25.2 Å². The summed E-state index contributed by atoms with van der Waals surface area (Å²) in [5.74, 6) is -0.111. The minimum Gasteiger partial charge on any atom is -0.391 e. The Labute approximate surface area is 156 Å². The van der Waals surface area contributed by atoms with E-state index >= 15 is 0 Å². The summed E-state index contributed by atoms with van der Waals surface area (Å²) in [4.78, 5) is 31.0. The number of aryl methyl sites for hydroxylation is 1. The summed E-state index contributed by atoms with van der Waals surface area (Å²) in [6.07, 6.45) is 5.33. The Kier molecular flexibility index (Phi) is 6.23. The molecule has 1 aliphatic rings. The molecule has 27 heavy (non-hydrogen) atoms. The molecule has 2 aromatic heterocycles. The molecule has 1 saturated carbocycles. The van der Waals surface area contributed by atoms with Crippen molar-refractivity contribution < 1.29 is 19.2 Å². The first-order valence-corrected chi connectivity index (χ1v) is 9.26. The molecule has 2 heterocycles. The van der Waals surface area contributed by atoms with Crippen LogP contribution in [0, 0.1) is 5.92 Å². The molecule has 0 aliphatic heterocycles. The van der Waals surface area contributed by atoms with Gasteiger partial charge in [-0.15, -0.1) is 0 Å². The van der Waals surface area contributed by atoms with Crippen molar-refractivity contribution in [2.24, 2.45) is 5.92 Å². The second kappa shape index (κ2) is 8.81. The van der Waals surface area contributed by atoms with Gasteiger partial charge in [-0.1, -0.05) is 18.5 Å². The maximum absolute atomic E-state index is 12.4. The van der Waals surface area contributed by atoms with Crippen LogP contribution >= 0.6 is 0 Å². The van der Waals surface area contributed by atoms with Crippen molar-refractivity contribution in [3.05, 3.63) is 35.7 Å². The Balaban J connectivity index is 1.45. The highest BCUT2D eigenvalue weighted by Gasteiger charge is 2.33. The van der Waals surface area contributed by atoms with Crippen LogP contribution in [0.15, 0.2) is 23.1 Å². The Morgan fingerprint density at radius 2 is 2.26 bits per heavy atom. The number of hydrogen-bond donors (Lipinski definition) is 4. The normalized spacial score (nSPS) is 22.4. The Morgan fingerprint density at radius 1 is 1.41 bits per heavy atom. The first-order chi connectivity index (χ1) is 13.1. The van der Waals surface area contributed by atoms with Crippen LogP contribution < -0.4 is 10.6 Å². The molecule has 2 amide bonds. The van der Waals surface area contributed by atoms with Gasteiger partial charge in [-0.3, -0.25) is 9.59 Å². The Hall–Kier alpha value is -2.68. The fraction of sp³-hybridized carbons (Fsp3) is 0.556. The number of aromatic nitrogens is 3. The molecule has 4 N–H and O–H groups in total. The molecule has 0 unspecified atom stereocenters. The lowest BCUT2D eigenvalue weighted by Crippen LogP contribution is -2.49. The third-order valence-corrected chi connectivity index (χ3v) is 4.80. The smallest absolute Gasteiger partial charge is 0.269 e. The number of nitrogens with one attached hydrogen (secondary N) is 3. The largest absolute Gasteiger partial charge is 0.391 e. The number of aliphatic hydroxyl groups excluding tert-OH is 1. The van der Waals surface area contributed by atoms with E-state index in [1.165, 1.54) is 12.5 Å². The van der Waals surface area contributed by atoms with Gasteiger partial charge in [-0.05, 0) is 25.7 Å². The minimum absolute atomic E-state index is 0.124. The van der Waals surface area contributed by atoms with Gasteiger partial charge in [-0.25, -0.2) is 4.98 Å². The maximum Gasteiger partial charge on any atom is 0.269 e. The zero-order valence-electron chi connectivity index (χ0n) is 15.3. The van der Waals surface area contributed by atoms with Gasteiger partial charge in [0.25, 0.3) is 5.91 Å². The quantitative estimate of drug-likeness (QED) is 0.569. The topological polar surface area (TPSA) is 133 Å². The van der Waals surface area contributed by atoms with Crippen molar-refractivity contribution in [1.29, 1.82) is 0 Å². The molecule has 2 aromatic rings. The highest BCUT2D eigenvalue weighted by molar-refractivity contribution is 5.92. The van der Waals surface area contributed by atoms with E-state index in [0.717, 1.165) is 18.5 Å². The number of imidazole rings is 1. The van der Waals surface area contributed by atoms with E-state index in [4.69, 9.17) is 4.52 Å². The molecule has 146 valence electrons. The van der Waals surface area contributed by atoms with E-state index in [2.05, 4.69) is 32.7 Å². The average molecular weight is 375 g/mol. The van der Waals surface area contributed by atoms with Crippen LogP contribution in [0.2, 0.25) is 0 Å². The van der Waals surface area contributed by atoms with E-state index in [-0.39, 0.29) is 30.3 Å². The standard InChI is InChI=1S/C18H25N5O4/c1-2-3-12-7-13(27-23-12)8-20-17(25)11-4-5-14(16(24)6-11)22-18(26)15-9-19-10-21-15/h7,9-11,14,16,24H,2-6,8H2,1H3,(H,19,21)(H,20,25)(H,22,26)/t11-,14-,16-/m0/s1. The lowest BCUT2D eigenvalue weighted by atomic mass is 9.83. The van der Waals surface area contributed by atoms with E-state index in [0.29, 0.717) is 30.7 Å². The molecule has 0 saturated heterocycles. The third kappa shape index (κ3) is 4.94. The van der Waals surface area contributed by atoms with Gasteiger partial charge in [0.2, 0.25) is 5.91 Å². The van der Waals surface area contributed by atoms with Gasteiger partial charge in [0.1, 0.15) is 5.69 Å². The second-order valence-electron chi connectivity index (χ2n) is 6.87. The van der Waals surface area contributed by atoms with E-state index in [1.807, 2.05) is 6.07 Å². The Bertz CT molecular complexity index is 758. The highest BCUT2D eigenvalue weighted by atomic mass is 16.5. The van der Waals surface area contributed by atoms with Gasteiger partial charge in [-0.2, -0.15) is 0 Å². The summed E-state index contributed by atoms with van der Waals surface area (Å²) in [7, 11) is 0. The maximum atomic E-state index is 12.4. The lowest BCUT2D eigenvalue weighted by Gasteiger charge is -2.32. The van der Waals surface area contributed by atoms with E-state index in [1.54, 1.807) is 0 Å². The molecule has 3 atom stereocenters. The first-order valence-electron chi connectivity index (χ1n) is 9.26. The summed E-state index contributed by atoms with van der Waals surface area (Å²) in [5.41, 5.74) is 1.22. The number of hydrogen-bond acceptors (Lipinski definition) is 6. The molecule has 1 aliphatic carbocycles. The first kappa shape index (κ1) is 19.1. The van der Waals surface area contributed by atoms with Crippen molar-refractivity contribution in [2.45, 2.75) is 57.7 Å². The number of carbonyl (C=O) groups is 2. The monoisotopic (exact) mass is 375 g/mol. The fourth-order valence-electron chi connectivity index (χ4n) is 3.31. The Morgan fingerprint density at radius 3 is 2.96 bits per heavy atom. The number of amides is 2. The summed E-state index contributed by atoms with van der Waals surface area (Å²) in [6, 6.07) is 1.47. The number of rotatable bonds is 7. The molecular formula is C18H25N5O4. The van der Waals surface area contributed by atoms with Crippen LogP contribution in [0.3, 0.4) is 0 Å². The van der Waals surface area contributed by atoms with Crippen molar-refractivity contribution in [3.63, 3.8) is 0 Å². The zero-order chi connectivity index (χ0) is 19.2. The van der Waals surface area contributed by atoms with Crippen LogP contribution in [0.4, 0.5) is 0 Å². The lowest BCUT2D eigenvalue weighted by molar-refractivity contribution is -0.127. The van der Waals surface area contributed by atoms with Gasteiger partial charge >= 0.3 is 0 Å². The number of carbonyl (C=O) groups excluding carboxylic acids is 2. The van der Waals surface area contributed by atoms with Crippen LogP contribution in [0.25, 0.3) is 0 Å². The highest BCUT2D eigenvalue weighted by Crippen LogP contribution is 2.25. The predicted octanol–water partition coefficient (Wildman–Crippen LogP) is 0.926. The average Bonchev–Trinajstić information content (AvgIpc) is 3.33. The molecular weight excluding hydrogens is 350 g/mol. The van der Waals surface area contributed by atoms with Crippen molar-refractivity contribution in [2.75, 3.05) is 0 Å². The van der Waals surface area contributed by atoms with Crippen LogP contribution in [0.1, 0.15) is 54.5 Å². The summed E-state index contributed by atoms with van der Waals surface area (Å²) >= 11 is 0. The second-order valence-corrected chi connectivity index (χ2v) is 6.87. The molecule has 0 aromatic carbocycles. The molecule has 9 nitrogen and oxygen atoms in total. The molecule has 0 spiro atoms. The molecule has 3 rings (SSSR count). The van der Waals surface area contributed by atoms with E-state index < -0.39 is 6.10 Å². The van der Waals surface area contributed by atoms with Gasteiger partial charge in [0.15, 0.2) is 5.76 Å². The minimum atomic E-state index is -0.775. The fourth-order valence-corrected chi connectivity index (χ4v) is 3.31. The van der Waals surface area contributed by atoms with Crippen molar-refractivity contribution >= 4 is 11.8 Å². The molecule has 9 heteroatoms. The summed E-state index contributed by atoms with van der Waals surface area (Å²) < 4.78 is 5.20.